The maximum absolute atomic E-state index is 11.7. The Kier molecular flexibility index (Phi) is 4.75. The number of nitrogens with one attached hydrogen (secondary N) is 1. The standard InChI is InChI=1S/C12H13NO4S/c1-3-4-9-13-12(14)17-18(15,16)11-7-5-10(2)6-8-11/h5-8H,9H2,1-2H3,(H,13,14). The van der Waals surface area contributed by atoms with Gasteiger partial charge in [-0.3, -0.25) is 0 Å². The smallest absolute Gasteiger partial charge is 0.324 e. The summed E-state index contributed by atoms with van der Waals surface area (Å²) in [7, 11) is -4.07. The van der Waals surface area contributed by atoms with Gasteiger partial charge in [-0.25, -0.2) is 4.79 Å². The molecule has 0 spiro atoms. The van der Waals surface area contributed by atoms with Crippen LogP contribution in [-0.2, 0) is 14.3 Å². The Morgan fingerprint density at radius 3 is 2.50 bits per heavy atom. The van der Waals surface area contributed by atoms with Crippen molar-refractivity contribution >= 4 is 16.2 Å². The van der Waals surface area contributed by atoms with E-state index in [4.69, 9.17) is 0 Å². The van der Waals surface area contributed by atoms with Gasteiger partial charge in [-0.1, -0.05) is 23.6 Å². The molecule has 5 nitrogen and oxygen atoms in total. The lowest BCUT2D eigenvalue weighted by Gasteiger charge is -2.05. The van der Waals surface area contributed by atoms with E-state index >= 15 is 0 Å². The Labute approximate surface area is 106 Å². The van der Waals surface area contributed by atoms with Crippen LogP contribution in [0.4, 0.5) is 4.79 Å². The number of hydrogen-bond donors (Lipinski definition) is 1. The summed E-state index contributed by atoms with van der Waals surface area (Å²) < 4.78 is 27.7. The molecule has 0 saturated carbocycles. The van der Waals surface area contributed by atoms with Crippen LogP contribution < -0.4 is 5.32 Å². The van der Waals surface area contributed by atoms with E-state index in [2.05, 4.69) is 21.3 Å². The van der Waals surface area contributed by atoms with Gasteiger partial charge >= 0.3 is 16.2 Å². The van der Waals surface area contributed by atoms with Gasteiger partial charge in [-0.2, -0.15) is 8.42 Å². The molecule has 0 radical (unpaired) electrons. The molecule has 6 heteroatoms. The second-order valence-electron chi connectivity index (χ2n) is 3.42. The molecule has 0 aliphatic rings. The molecule has 0 aliphatic carbocycles. The highest BCUT2D eigenvalue weighted by Gasteiger charge is 2.19. The van der Waals surface area contributed by atoms with E-state index in [9.17, 15) is 13.2 Å². The zero-order chi connectivity index (χ0) is 13.6. The Bertz CT molecular complexity index is 579. The van der Waals surface area contributed by atoms with Gasteiger partial charge in [0.1, 0.15) is 4.90 Å². The van der Waals surface area contributed by atoms with E-state index in [1.54, 1.807) is 19.1 Å². The Hall–Kier alpha value is -2.00. The number of aryl methyl sites for hydroxylation is 1. The third-order valence-electron chi connectivity index (χ3n) is 1.99. The zero-order valence-corrected chi connectivity index (χ0v) is 10.9. The summed E-state index contributed by atoms with van der Waals surface area (Å²) in [6.45, 7) is 3.47. The van der Waals surface area contributed by atoms with E-state index in [1.165, 1.54) is 12.1 Å². The van der Waals surface area contributed by atoms with Crippen molar-refractivity contribution in [2.24, 2.45) is 0 Å². The first-order chi connectivity index (χ1) is 8.45. The summed E-state index contributed by atoms with van der Waals surface area (Å²) in [6.07, 6.45) is -1.04. The molecule has 1 rings (SSSR count). The van der Waals surface area contributed by atoms with Gasteiger partial charge in [0.05, 0.1) is 6.54 Å². The molecule has 1 N–H and O–H groups in total. The second kappa shape index (κ2) is 6.07. The molecule has 96 valence electrons. The summed E-state index contributed by atoms with van der Waals surface area (Å²) in [4.78, 5) is 11.1. The van der Waals surface area contributed by atoms with Gasteiger partial charge in [-0.05, 0) is 26.0 Å². The maximum Gasteiger partial charge on any atom is 0.423 e. The highest BCUT2D eigenvalue weighted by molar-refractivity contribution is 7.87. The van der Waals surface area contributed by atoms with Gasteiger partial charge in [-0.15, -0.1) is 5.92 Å². The Balaban J connectivity index is 2.72. The van der Waals surface area contributed by atoms with E-state index < -0.39 is 16.2 Å². The Morgan fingerprint density at radius 2 is 1.94 bits per heavy atom. The van der Waals surface area contributed by atoms with Crippen LogP contribution >= 0.6 is 0 Å². The van der Waals surface area contributed by atoms with Crippen LogP contribution in [-0.4, -0.2) is 21.1 Å². The van der Waals surface area contributed by atoms with Crippen LogP contribution in [0.15, 0.2) is 29.2 Å². The number of amides is 1. The monoisotopic (exact) mass is 267 g/mol. The van der Waals surface area contributed by atoms with Crippen LogP contribution in [0.1, 0.15) is 12.5 Å². The van der Waals surface area contributed by atoms with E-state index in [-0.39, 0.29) is 11.4 Å². The number of rotatable bonds is 3. The number of benzene rings is 1. The quantitative estimate of drug-likeness (QED) is 0.664. The van der Waals surface area contributed by atoms with Crippen molar-refractivity contribution in [2.75, 3.05) is 6.54 Å². The van der Waals surface area contributed by atoms with Gasteiger partial charge in [0.25, 0.3) is 0 Å². The SMILES string of the molecule is CC#CCNC(=O)OS(=O)(=O)c1ccc(C)cc1. The summed E-state index contributed by atoms with van der Waals surface area (Å²) in [5.41, 5.74) is 0.914. The average molecular weight is 267 g/mol. The average Bonchev–Trinajstić information content (AvgIpc) is 2.29. The highest BCUT2D eigenvalue weighted by Crippen LogP contribution is 2.13. The zero-order valence-electron chi connectivity index (χ0n) is 10.1. The van der Waals surface area contributed by atoms with Crippen molar-refractivity contribution in [3.8, 4) is 11.8 Å². The highest BCUT2D eigenvalue weighted by atomic mass is 32.2. The van der Waals surface area contributed by atoms with E-state index in [0.717, 1.165) is 5.56 Å². The molecule has 0 heterocycles. The molecule has 0 aliphatic heterocycles. The van der Waals surface area contributed by atoms with Crippen molar-refractivity contribution in [1.29, 1.82) is 0 Å². The fourth-order valence-electron chi connectivity index (χ4n) is 1.09. The predicted octanol–water partition coefficient (Wildman–Crippen LogP) is 1.43. The number of carbonyl (C=O) groups excluding carboxylic acids is 1. The predicted molar refractivity (Wildman–Crippen MR) is 66.3 cm³/mol. The maximum atomic E-state index is 11.7. The topological polar surface area (TPSA) is 72.5 Å². The van der Waals surface area contributed by atoms with Crippen LogP contribution in [0.5, 0.6) is 0 Å². The lowest BCUT2D eigenvalue weighted by atomic mass is 10.2. The normalized spacial score (nSPS) is 10.1. The molecule has 0 bridgehead atoms. The number of carbonyl (C=O) groups is 1. The lowest BCUT2D eigenvalue weighted by molar-refractivity contribution is 0.204. The fraction of sp³-hybridized carbons (Fsp3) is 0.250. The van der Waals surface area contributed by atoms with Crippen LogP contribution in [0.2, 0.25) is 0 Å². The molecule has 0 saturated heterocycles. The summed E-state index contributed by atoms with van der Waals surface area (Å²) in [5.74, 6) is 5.11. The van der Waals surface area contributed by atoms with Crippen molar-refractivity contribution in [1.82, 2.24) is 5.32 Å². The van der Waals surface area contributed by atoms with Crippen LogP contribution in [0.3, 0.4) is 0 Å². The largest absolute Gasteiger partial charge is 0.423 e. The Morgan fingerprint density at radius 1 is 1.33 bits per heavy atom. The third kappa shape index (κ3) is 4.11. The summed E-state index contributed by atoms with van der Waals surface area (Å²) in [6, 6.07) is 6.00. The molecular weight excluding hydrogens is 254 g/mol. The first-order valence-electron chi connectivity index (χ1n) is 5.14. The molecule has 1 aromatic carbocycles. The molecule has 1 amide bonds. The molecule has 0 atom stereocenters. The molecule has 18 heavy (non-hydrogen) atoms. The first kappa shape index (κ1) is 14.1. The van der Waals surface area contributed by atoms with Gasteiger partial charge in [0.2, 0.25) is 0 Å². The minimum atomic E-state index is -4.07. The summed E-state index contributed by atoms with van der Waals surface area (Å²) in [5, 5.41) is 2.21. The lowest BCUT2D eigenvalue weighted by Crippen LogP contribution is -2.27. The van der Waals surface area contributed by atoms with Crippen LogP contribution in [0.25, 0.3) is 0 Å². The van der Waals surface area contributed by atoms with E-state index in [1.807, 2.05) is 6.92 Å². The summed E-state index contributed by atoms with van der Waals surface area (Å²) >= 11 is 0. The number of hydrogen-bond acceptors (Lipinski definition) is 4. The van der Waals surface area contributed by atoms with Crippen molar-refractivity contribution in [3.05, 3.63) is 29.8 Å². The van der Waals surface area contributed by atoms with Gasteiger partial charge in [0.15, 0.2) is 0 Å². The van der Waals surface area contributed by atoms with Crippen molar-refractivity contribution < 1.29 is 17.4 Å². The molecular formula is C12H13NO4S. The molecule has 1 aromatic rings. The fourth-order valence-corrected chi connectivity index (χ4v) is 1.91. The molecule has 0 unspecified atom stereocenters. The van der Waals surface area contributed by atoms with Gasteiger partial charge in [0, 0.05) is 0 Å². The second-order valence-corrected chi connectivity index (χ2v) is 4.96. The third-order valence-corrected chi connectivity index (χ3v) is 3.21. The molecule has 0 aromatic heterocycles. The first-order valence-corrected chi connectivity index (χ1v) is 6.55. The van der Waals surface area contributed by atoms with E-state index in [0.29, 0.717) is 0 Å². The van der Waals surface area contributed by atoms with Gasteiger partial charge < -0.3 is 9.50 Å². The van der Waals surface area contributed by atoms with Crippen molar-refractivity contribution in [2.45, 2.75) is 18.7 Å². The van der Waals surface area contributed by atoms with Crippen LogP contribution in [0, 0.1) is 18.8 Å². The minimum absolute atomic E-state index is 0.0404. The minimum Gasteiger partial charge on any atom is -0.324 e. The molecule has 0 fully saturated rings. The van der Waals surface area contributed by atoms with Crippen molar-refractivity contribution in [3.63, 3.8) is 0 Å².